The van der Waals surface area contributed by atoms with E-state index in [1.54, 1.807) is 13.2 Å². The molecule has 122 valence electrons. The molecule has 3 aromatic rings. The molecule has 4 rings (SSSR count). The minimum absolute atomic E-state index is 0.499. The van der Waals surface area contributed by atoms with Gasteiger partial charge in [-0.25, -0.2) is 4.68 Å². The molecule has 0 atom stereocenters. The second kappa shape index (κ2) is 6.04. The number of halogens is 2. The van der Waals surface area contributed by atoms with Gasteiger partial charge < -0.3 is 10.1 Å². The smallest absolute Gasteiger partial charge is 0.133 e. The van der Waals surface area contributed by atoms with Crippen LogP contribution in [0.3, 0.4) is 0 Å². The zero-order valence-electron chi connectivity index (χ0n) is 13.0. The van der Waals surface area contributed by atoms with Crippen LogP contribution in [-0.2, 0) is 6.42 Å². The van der Waals surface area contributed by atoms with Crippen molar-refractivity contribution in [1.29, 1.82) is 0 Å². The Morgan fingerprint density at radius 3 is 2.67 bits per heavy atom. The summed E-state index contributed by atoms with van der Waals surface area (Å²) in [4.78, 5) is 0. The number of aromatic nitrogens is 2. The van der Waals surface area contributed by atoms with E-state index in [0.717, 1.165) is 41.5 Å². The molecule has 1 aromatic heterocycles. The molecule has 0 spiro atoms. The molecule has 0 bridgehead atoms. The molecule has 0 amide bonds. The van der Waals surface area contributed by atoms with Crippen molar-refractivity contribution in [3.8, 4) is 22.7 Å². The Morgan fingerprint density at radius 2 is 1.92 bits per heavy atom. The highest BCUT2D eigenvalue weighted by atomic mass is 35.5. The summed E-state index contributed by atoms with van der Waals surface area (Å²) in [5.41, 5.74) is 3.96. The number of ether oxygens (including phenoxy) is 1. The highest BCUT2D eigenvalue weighted by Gasteiger charge is 2.25. The maximum atomic E-state index is 6.39. The number of anilines is 1. The van der Waals surface area contributed by atoms with Crippen molar-refractivity contribution >= 4 is 29.0 Å². The van der Waals surface area contributed by atoms with Gasteiger partial charge in [0.15, 0.2) is 0 Å². The summed E-state index contributed by atoms with van der Waals surface area (Å²) in [6.07, 6.45) is 0.925. The highest BCUT2D eigenvalue weighted by Crippen LogP contribution is 2.37. The van der Waals surface area contributed by atoms with Gasteiger partial charge in [0.25, 0.3) is 0 Å². The molecule has 1 aliphatic heterocycles. The van der Waals surface area contributed by atoms with E-state index in [1.165, 1.54) is 5.56 Å². The average molecular weight is 360 g/mol. The molecule has 0 aliphatic carbocycles. The van der Waals surface area contributed by atoms with Crippen LogP contribution < -0.4 is 10.1 Å². The van der Waals surface area contributed by atoms with Crippen LogP contribution in [0.1, 0.15) is 5.56 Å². The number of hydrogen-bond acceptors (Lipinski definition) is 3. The van der Waals surface area contributed by atoms with Gasteiger partial charge in [0.1, 0.15) is 11.6 Å². The second-order valence-corrected chi connectivity index (χ2v) is 6.35. The summed E-state index contributed by atoms with van der Waals surface area (Å²) in [6.45, 7) is 0.883. The monoisotopic (exact) mass is 359 g/mol. The first kappa shape index (κ1) is 15.4. The normalized spacial score (nSPS) is 12.8. The number of hydrogen-bond donors (Lipinski definition) is 1. The van der Waals surface area contributed by atoms with Gasteiger partial charge in [-0.1, -0.05) is 29.3 Å². The van der Waals surface area contributed by atoms with Crippen LogP contribution in [0, 0.1) is 0 Å². The fraction of sp³-hybridized carbons (Fsp3) is 0.167. The van der Waals surface area contributed by atoms with Crippen LogP contribution in [-0.4, -0.2) is 23.4 Å². The van der Waals surface area contributed by atoms with Crippen molar-refractivity contribution in [1.82, 2.24) is 9.78 Å². The second-order valence-electron chi connectivity index (χ2n) is 5.57. The SMILES string of the molecule is COc1ccc(-c2nn(-c3cccc(Cl)c3Cl)c3c2CCN3)cc1. The van der Waals surface area contributed by atoms with Gasteiger partial charge in [0.05, 0.1) is 28.5 Å². The largest absolute Gasteiger partial charge is 0.497 e. The van der Waals surface area contributed by atoms with Crippen molar-refractivity contribution in [2.45, 2.75) is 6.42 Å². The molecule has 24 heavy (non-hydrogen) atoms. The third-order valence-electron chi connectivity index (χ3n) is 4.17. The first-order valence-corrected chi connectivity index (χ1v) is 8.39. The molecule has 0 unspecified atom stereocenters. The molecule has 4 nitrogen and oxygen atoms in total. The maximum Gasteiger partial charge on any atom is 0.133 e. The molecule has 1 N–H and O–H groups in total. The van der Waals surface area contributed by atoms with Gasteiger partial charge in [-0.3, -0.25) is 0 Å². The van der Waals surface area contributed by atoms with Crippen LogP contribution in [0.5, 0.6) is 5.75 Å². The Kier molecular flexibility index (Phi) is 3.87. The van der Waals surface area contributed by atoms with E-state index in [1.807, 2.05) is 41.1 Å². The van der Waals surface area contributed by atoms with Crippen LogP contribution >= 0.6 is 23.2 Å². The Balaban J connectivity index is 1.87. The van der Waals surface area contributed by atoms with E-state index in [-0.39, 0.29) is 0 Å². The van der Waals surface area contributed by atoms with Gasteiger partial charge in [-0.2, -0.15) is 5.10 Å². The summed E-state index contributed by atoms with van der Waals surface area (Å²) in [7, 11) is 1.66. The van der Waals surface area contributed by atoms with Gasteiger partial charge >= 0.3 is 0 Å². The minimum atomic E-state index is 0.499. The van der Waals surface area contributed by atoms with Crippen LogP contribution in [0.2, 0.25) is 10.0 Å². The molecule has 0 radical (unpaired) electrons. The molecule has 6 heteroatoms. The van der Waals surface area contributed by atoms with Crippen LogP contribution in [0.15, 0.2) is 42.5 Å². The molecule has 0 saturated carbocycles. The van der Waals surface area contributed by atoms with E-state index < -0.39 is 0 Å². The predicted molar refractivity (Wildman–Crippen MR) is 97.8 cm³/mol. The lowest BCUT2D eigenvalue weighted by molar-refractivity contribution is 0.415. The lowest BCUT2D eigenvalue weighted by atomic mass is 10.1. The summed E-state index contributed by atoms with van der Waals surface area (Å²) in [5, 5.41) is 9.22. The number of nitrogens with zero attached hydrogens (tertiary/aromatic N) is 2. The van der Waals surface area contributed by atoms with Gasteiger partial charge in [0.2, 0.25) is 0 Å². The molecular formula is C18H15Cl2N3O. The molecule has 1 aliphatic rings. The Morgan fingerprint density at radius 1 is 1.12 bits per heavy atom. The minimum Gasteiger partial charge on any atom is -0.497 e. The summed E-state index contributed by atoms with van der Waals surface area (Å²) < 4.78 is 7.07. The number of nitrogens with one attached hydrogen (secondary N) is 1. The maximum absolute atomic E-state index is 6.39. The van der Waals surface area contributed by atoms with Crippen molar-refractivity contribution in [3.05, 3.63) is 58.1 Å². The quantitative estimate of drug-likeness (QED) is 0.728. The molecule has 0 saturated heterocycles. The van der Waals surface area contributed by atoms with E-state index in [9.17, 15) is 0 Å². The van der Waals surface area contributed by atoms with E-state index in [2.05, 4.69) is 5.32 Å². The zero-order valence-corrected chi connectivity index (χ0v) is 14.5. The Hall–Kier alpha value is -2.17. The van der Waals surface area contributed by atoms with Gasteiger partial charge in [0, 0.05) is 17.7 Å². The van der Waals surface area contributed by atoms with Crippen molar-refractivity contribution in [3.63, 3.8) is 0 Å². The third-order valence-corrected chi connectivity index (χ3v) is 4.98. The number of fused-ring (bicyclic) bond motifs is 1. The lowest BCUT2D eigenvalue weighted by Gasteiger charge is -2.09. The zero-order chi connectivity index (χ0) is 16.7. The van der Waals surface area contributed by atoms with E-state index >= 15 is 0 Å². The van der Waals surface area contributed by atoms with Crippen molar-refractivity contribution in [2.24, 2.45) is 0 Å². The first-order chi connectivity index (χ1) is 11.7. The van der Waals surface area contributed by atoms with Crippen LogP contribution in [0.25, 0.3) is 16.9 Å². The standard InChI is InChI=1S/C18H15Cl2N3O/c1-24-12-7-5-11(6-8-12)17-13-9-10-21-18(13)23(22-17)15-4-2-3-14(19)16(15)20/h2-8,21H,9-10H2,1H3. The van der Waals surface area contributed by atoms with Crippen LogP contribution in [0.4, 0.5) is 5.82 Å². The number of methoxy groups -OCH3 is 1. The summed E-state index contributed by atoms with van der Waals surface area (Å²) >= 11 is 12.6. The fourth-order valence-electron chi connectivity index (χ4n) is 2.99. The molecule has 2 heterocycles. The topological polar surface area (TPSA) is 39.1 Å². The number of benzene rings is 2. The lowest BCUT2D eigenvalue weighted by Crippen LogP contribution is -2.05. The summed E-state index contributed by atoms with van der Waals surface area (Å²) in [5.74, 6) is 1.80. The van der Waals surface area contributed by atoms with E-state index in [4.69, 9.17) is 33.0 Å². The Labute approximate surface area is 150 Å². The first-order valence-electron chi connectivity index (χ1n) is 7.63. The number of rotatable bonds is 3. The fourth-order valence-corrected chi connectivity index (χ4v) is 3.36. The third kappa shape index (κ3) is 2.43. The Bertz CT molecular complexity index is 903. The van der Waals surface area contributed by atoms with Crippen molar-refractivity contribution < 1.29 is 4.74 Å². The molecule has 0 fully saturated rings. The summed E-state index contributed by atoms with van der Waals surface area (Å²) in [6, 6.07) is 13.5. The molecular weight excluding hydrogens is 345 g/mol. The van der Waals surface area contributed by atoms with E-state index in [0.29, 0.717) is 10.0 Å². The predicted octanol–water partition coefficient (Wildman–Crippen LogP) is 4.82. The average Bonchev–Trinajstić information content (AvgIpc) is 3.20. The van der Waals surface area contributed by atoms with Gasteiger partial charge in [-0.05, 0) is 42.8 Å². The van der Waals surface area contributed by atoms with Gasteiger partial charge in [-0.15, -0.1) is 0 Å². The highest BCUT2D eigenvalue weighted by molar-refractivity contribution is 6.43. The van der Waals surface area contributed by atoms with Crippen molar-refractivity contribution in [2.75, 3.05) is 19.0 Å². The molecule has 2 aromatic carbocycles.